The minimum absolute atomic E-state index is 0.327. The Bertz CT molecular complexity index is 615. The van der Waals surface area contributed by atoms with Gasteiger partial charge in [-0.05, 0) is 19.1 Å². The fourth-order valence-corrected chi connectivity index (χ4v) is 2.36. The molecule has 0 bridgehead atoms. The maximum atomic E-state index is 11.5. The molecule has 26 heavy (non-hydrogen) atoms. The summed E-state index contributed by atoms with van der Waals surface area (Å²) in [4.78, 5) is 21.9. The van der Waals surface area contributed by atoms with Gasteiger partial charge in [0.15, 0.2) is 0 Å². The number of carbonyl (C=O) groups is 2. The van der Waals surface area contributed by atoms with Crippen LogP contribution in [0.25, 0.3) is 0 Å². The minimum Gasteiger partial charge on any atom is -0.481 e. The van der Waals surface area contributed by atoms with E-state index in [4.69, 9.17) is 19.3 Å². The summed E-state index contributed by atoms with van der Waals surface area (Å²) < 4.78 is 15.8. The van der Waals surface area contributed by atoms with Crippen LogP contribution in [0.1, 0.15) is 18.4 Å². The fourth-order valence-electron chi connectivity index (χ4n) is 2.36. The highest BCUT2D eigenvalue weighted by atomic mass is 16.7. The molecule has 1 saturated heterocycles. The Morgan fingerprint density at radius 3 is 2.31 bits per heavy atom. The smallest absolute Gasteiger partial charge is 0.306 e. The van der Waals surface area contributed by atoms with Crippen molar-refractivity contribution in [2.24, 2.45) is 0 Å². The molecule has 5 atom stereocenters. The first-order valence-electron chi connectivity index (χ1n) is 8.08. The van der Waals surface area contributed by atoms with E-state index in [9.17, 15) is 24.9 Å². The first-order chi connectivity index (χ1) is 12.3. The third kappa shape index (κ3) is 5.40. The summed E-state index contributed by atoms with van der Waals surface area (Å²) in [6.07, 6.45) is -7.71. The highest BCUT2D eigenvalue weighted by Crippen LogP contribution is 2.25. The summed E-state index contributed by atoms with van der Waals surface area (Å²) in [6, 6.07) is 6.89. The van der Waals surface area contributed by atoms with Crippen molar-refractivity contribution in [3.05, 3.63) is 29.8 Å². The highest BCUT2D eigenvalue weighted by molar-refractivity contribution is 5.76. The summed E-state index contributed by atoms with van der Waals surface area (Å²) >= 11 is 0. The molecule has 1 aromatic carbocycles. The summed E-state index contributed by atoms with van der Waals surface area (Å²) in [5.74, 6) is -1.53. The Morgan fingerprint density at radius 1 is 1.04 bits per heavy atom. The van der Waals surface area contributed by atoms with E-state index >= 15 is 0 Å². The Kier molecular flexibility index (Phi) is 6.92. The first kappa shape index (κ1) is 20.1. The van der Waals surface area contributed by atoms with Crippen LogP contribution in [-0.4, -0.2) is 69.7 Å². The van der Waals surface area contributed by atoms with Crippen LogP contribution in [0.5, 0.6) is 5.75 Å². The van der Waals surface area contributed by atoms with Gasteiger partial charge < -0.3 is 34.6 Å². The van der Waals surface area contributed by atoms with Gasteiger partial charge in [-0.15, -0.1) is 0 Å². The molecule has 4 N–H and O–H groups in total. The monoisotopic (exact) mass is 370 g/mol. The zero-order valence-corrected chi connectivity index (χ0v) is 14.1. The van der Waals surface area contributed by atoms with Crippen molar-refractivity contribution in [2.75, 3.05) is 6.61 Å². The number of aliphatic hydroxyl groups is 3. The van der Waals surface area contributed by atoms with Gasteiger partial charge in [0.05, 0.1) is 12.8 Å². The van der Waals surface area contributed by atoms with Crippen molar-refractivity contribution >= 4 is 11.9 Å². The Morgan fingerprint density at radius 2 is 1.69 bits per heavy atom. The molecule has 0 amide bonds. The number of esters is 1. The zero-order chi connectivity index (χ0) is 19.3. The maximum Gasteiger partial charge on any atom is 0.306 e. The highest BCUT2D eigenvalue weighted by Gasteiger charge is 2.45. The van der Waals surface area contributed by atoms with E-state index in [1.807, 2.05) is 6.92 Å². The first-order valence-corrected chi connectivity index (χ1v) is 8.08. The molecule has 1 fully saturated rings. The van der Waals surface area contributed by atoms with Crippen molar-refractivity contribution in [1.82, 2.24) is 0 Å². The number of benzene rings is 1. The number of aliphatic hydroxyl groups excluding tert-OH is 3. The number of ether oxygens (including phenoxy) is 3. The molecule has 0 aromatic heterocycles. The molecular formula is C17H22O9. The lowest BCUT2D eigenvalue weighted by Gasteiger charge is -2.39. The molecule has 1 aliphatic heterocycles. The molecule has 1 aromatic rings. The Hall–Kier alpha value is -2.20. The van der Waals surface area contributed by atoms with Gasteiger partial charge in [-0.2, -0.15) is 0 Å². The second-order valence-corrected chi connectivity index (χ2v) is 6.02. The molecule has 0 aliphatic carbocycles. The van der Waals surface area contributed by atoms with E-state index in [1.54, 1.807) is 24.3 Å². The number of rotatable bonds is 7. The summed E-state index contributed by atoms with van der Waals surface area (Å²) in [7, 11) is 0. The normalized spacial score (nSPS) is 28.4. The lowest BCUT2D eigenvalue weighted by Crippen LogP contribution is -2.60. The lowest BCUT2D eigenvalue weighted by atomic mass is 9.99. The predicted octanol–water partition coefficient (Wildman–Crippen LogP) is -0.411. The number of hydrogen-bond donors (Lipinski definition) is 4. The fraction of sp³-hybridized carbons (Fsp3) is 0.529. The molecule has 0 saturated carbocycles. The van der Waals surface area contributed by atoms with Gasteiger partial charge in [0.2, 0.25) is 6.29 Å². The van der Waals surface area contributed by atoms with E-state index in [1.165, 1.54) is 0 Å². The van der Waals surface area contributed by atoms with Crippen LogP contribution >= 0.6 is 0 Å². The van der Waals surface area contributed by atoms with Gasteiger partial charge in [0.1, 0.15) is 36.8 Å². The molecule has 1 aliphatic rings. The summed E-state index contributed by atoms with van der Waals surface area (Å²) in [5.41, 5.74) is 1.00. The standard InChI is InChI=1S/C17H22O9/c1-9-2-4-10(5-3-9)25-17-16(23)15(22)14(21)11(26-17)8-24-13(20)7-6-12(18)19/h2-5,11,14-17,21-23H,6-8H2,1H3,(H,18,19)/t11-,14?,15+,16+,17+/m1/s1. The molecule has 0 radical (unpaired) electrons. The van der Waals surface area contributed by atoms with Crippen molar-refractivity contribution in [1.29, 1.82) is 0 Å². The number of carboxylic acids is 1. The number of carboxylic acid groups (broad SMARTS) is 1. The molecule has 1 unspecified atom stereocenters. The molecule has 2 rings (SSSR count). The number of carbonyl (C=O) groups excluding carboxylic acids is 1. The van der Waals surface area contributed by atoms with Crippen LogP contribution in [0.3, 0.4) is 0 Å². The number of aryl methyl sites for hydroxylation is 1. The molecule has 0 spiro atoms. The van der Waals surface area contributed by atoms with Gasteiger partial charge in [-0.3, -0.25) is 9.59 Å². The topological polar surface area (TPSA) is 143 Å². The molecule has 1 heterocycles. The second kappa shape index (κ2) is 8.95. The van der Waals surface area contributed by atoms with Gasteiger partial charge in [0.25, 0.3) is 0 Å². The van der Waals surface area contributed by atoms with Crippen LogP contribution in [0, 0.1) is 6.92 Å². The van der Waals surface area contributed by atoms with Crippen molar-refractivity contribution in [2.45, 2.75) is 50.5 Å². The van der Waals surface area contributed by atoms with Gasteiger partial charge >= 0.3 is 11.9 Å². The quantitative estimate of drug-likeness (QED) is 0.471. The SMILES string of the molecule is Cc1ccc(O[C@H]2O[C@H](COC(=O)CCC(=O)O)C(O)[C@H](O)[C@@H]2O)cc1. The predicted molar refractivity (Wildman–Crippen MR) is 86.3 cm³/mol. The average Bonchev–Trinajstić information content (AvgIpc) is 2.61. The van der Waals surface area contributed by atoms with Crippen LogP contribution in [0.2, 0.25) is 0 Å². The number of aliphatic carboxylic acids is 1. The van der Waals surface area contributed by atoms with E-state index in [0.717, 1.165) is 5.56 Å². The van der Waals surface area contributed by atoms with Crippen LogP contribution in [0.4, 0.5) is 0 Å². The number of hydrogen-bond acceptors (Lipinski definition) is 8. The molecule has 9 nitrogen and oxygen atoms in total. The van der Waals surface area contributed by atoms with Crippen molar-refractivity contribution < 1.29 is 44.2 Å². The van der Waals surface area contributed by atoms with E-state index in [-0.39, 0.29) is 12.8 Å². The maximum absolute atomic E-state index is 11.5. The zero-order valence-electron chi connectivity index (χ0n) is 14.1. The summed E-state index contributed by atoms with van der Waals surface area (Å²) in [6.45, 7) is 1.47. The van der Waals surface area contributed by atoms with Crippen LogP contribution in [-0.2, 0) is 19.1 Å². The minimum atomic E-state index is -1.57. The molecule has 9 heteroatoms. The van der Waals surface area contributed by atoms with E-state index in [0.29, 0.717) is 5.75 Å². The average molecular weight is 370 g/mol. The summed E-state index contributed by atoms with van der Waals surface area (Å²) in [5, 5.41) is 38.5. The molecule has 144 valence electrons. The van der Waals surface area contributed by atoms with Crippen molar-refractivity contribution in [3.63, 3.8) is 0 Å². The van der Waals surface area contributed by atoms with Crippen LogP contribution < -0.4 is 4.74 Å². The largest absolute Gasteiger partial charge is 0.481 e. The Balaban J connectivity index is 1.95. The van der Waals surface area contributed by atoms with Gasteiger partial charge in [0, 0.05) is 0 Å². The van der Waals surface area contributed by atoms with E-state index < -0.39 is 49.3 Å². The lowest BCUT2D eigenvalue weighted by molar-refractivity contribution is -0.278. The Labute approximate surface area is 149 Å². The second-order valence-electron chi connectivity index (χ2n) is 6.02. The third-order valence-electron chi connectivity index (χ3n) is 3.89. The van der Waals surface area contributed by atoms with Gasteiger partial charge in [-0.25, -0.2) is 0 Å². The van der Waals surface area contributed by atoms with E-state index in [2.05, 4.69) is 0 Å². The van der Waals surface area contributed by atoms with Crippen LogP contribution in [0.15, 0.2) is 24.3 Å². The van der Waals surface area contributed by atoms with Crippen molar-refractivity contribution in [3.8, 4) is 5.75 Å². The molecular weight excluding hydrogens is 348 g/mol. The van der Waals surface area contributed by atoms with Gasteiger partial charge in [-0.1, -0.05) is 17.7 Å². The third-order valence-corrected chi connectivity index (χ3v) is 3.89.